The van der Waals surface area contributed by atoms with Crippen molar-refractivity contribution < 1.29 is 13.9 Å². The van der Waals surface area contributed by atoms with Gasteiger partial charge in [-0.2, -0.15) is 0 Å². The smallest absolute Gasteiger partial charge is 0.322 e. The Hall–Kier alpha value is -2.57. The molecule has 0 saturated heterocycles. The Bertz CT molecular complexity index is 896. The highest BCUT2D eigenvalue weighted by Gasteiger charge is 2.15. The molecule has 2 aromatic carbocycles. The summed E-state index contributed by atoms with van der Waals surface area (Å²) in [4.78, 5) is 12.2. The van der Waals surface area contributed by atoms with Gasteiger partial charge in [0.25, 0.3) is 11.8 Å². The molecular weight excluding hydrogens is 353 g/mol. The molecule has 0 aliphatic carbocycles. The van der Waals surface area contributed by atoms with Gasteiger partial charge in [0.15, 0.2) is 0 Å². The van der Waals surface area contributed by atoms with Gasteiger partial charge in [-0.25, -0.2) is 0 Å². The molecule has 3 aromatic rings. The summed E-state index contributed by atoms with van der Waals surface area (Å²) >= 11 is 12.0. The lowest BCUT2D eigenvalue weighted by atomic mass is 10.2. The van der Waals surface area contributed by atoms with Gasteiger partial charge >= 0.3 is 6.01 Å². The zero-order chi connectivity index (χ0) is 17.1. The van der Waals surface area contributed by atoms with E-state index in [2.05, 4.69) is 15.5 Å². The van der Waals surface area contributed by atoms with E-state index >= 15 is 0 Å². The molecular formula is C16H11Cl2N3O3. The first-order valence-electron chi connectivity index (χ1n) is 6.81. The second-order valence-corrected chi connectivity index (χ2v) is 5.57. The largest absolute Gasteiger partial charge is 0.497 e. The fourth-order valence-electron chi connectivity index (χ4n) is 1.98. The Kier molecular flexibility index (Phi) is 4.69. The standard InChI is InChI=1S/C16H11Cl2N3O3/c1-23-11-4-2-3-9(7-11)14(22)19-16-21-20-15(24-16)12-8-10(17)5-6-13(12)18/h2-8H,1H3,(H,19,21,22). The van der Waals surface area contributed by atoms with Gasteiger partial charge in [0, 0.05) is 10.6 Å². The van der Waals surface area contributed by atoms with Crippen LogP contribution in [0, 0.1) is 0 Å². The van der Waals surface area contributed by atoms with E-state index in [1.54, 1.807) is 42.5 Å². The molecule has 122 valence electrons. The van der Waals surface area contributed by atoms with Crippen molar-refractivity contribution in [1.82, 2.24) is 10.2 Å². The van der Waals surface area contributed by atoms with Crippen LogP contribution in [0.3, 0.4) is 0 Å². The Morgan fingerprint density at radius 2 is 2.00 bits per heavy atom. The maximum Gasteiger partial charge on any atom is 0.322 e. The molecule has 1 heterocycles. The molecule has 0 aliphatic heterocycles. The average Bonchev–Trinajstić information content (AvgIpc) is 3.05. The van der Waals surface area contributed by atoms with E-state index in [1.807, 2.05) is 0 Å². The second kappa shape index (κ2) is 6.90. The summed E-state index contributed by atoms with van der Waals surface area (Å²) in [7, 11) is 1.52. The Morgan fingerprint density at radius 1 is 1.17 bits per heavy atom. The molecule has 0 spiro atoms. The van der Waals surface area contributed by atoms with E-state index in [9.17, 15) is 4.79 Å². The maximum atomic E-state index is 12.2. The number of rotatable bonds is 4. The molecule has 1 N–H and O–H groups in total. The van der Waals surface area contributed by atoms with Crippen LogP contribution in [-0.4, -0.2) is 23.2 Å². The van der Waals surface area contributed by atoms with E-state index in [-0.39, 0.29) is 11.9 Å². The van der Waals surface area contributed by atoms with Gasteiger partial charge in [-0.05, 0) is 36.4 Å². The number of anilines is 1. The summed E-state index contributed by atoms with van der Waals surface area (Å²) in [6.45, 7) is 0. The monoisotopic (exact) mass is 363 g/mol. The SMILES string of the molecule is COc1cccc(C(=O)Nc2nnc(-c3cc(Cl)ccc3Cl)o2)c1. The highest BCUT2D eigenvalue weighted by Crippen LogP contribution is 2.30. The molecule has 1 amide bonds. The van der Waals surface area contributed by atoms with Crippen molar-refractivity contribution >= 4 is 35.1 Å². The van der Waals surface area contributed by atoms with E-state index in [1.165, 1.54) is 7.11 Å². The van der Waals surface area contributed by atoms with Crippen molar-refractivity contribution in [1.29, 1.82) is 0 Å². The van der Waals surface area contributed by atoms with Crippen LogP contribution in [0.1, 0.15) is 10.4 Å². The fraction of sp³-hybridized carbons (Fsp3) is 0.0625. The third kappa shape index (κ3) is 3.50. The lowest BCUT2D eigenvalue weighted by Crippen LogP contribution is -2.12. The molecule has 0 radical (unpaired) electrons. The molecule has 0 unspecified atom stereocenters. The summed E-state index contributed by atoms with van der Waals surface area (Å²) in [5, 5.41) is 11.1. The van der Waals surface area contributed by atoms with Crippen molar-refractivity contribution in [3.05, 3.63) is 58.1 Å². The van der Waals surface area contributed by atoms with Crippen molar-refractivity contribution in [2.45, 2.75) is 0 Å². The highest BCUT2D eigenvalue weighted by atomic mass is 35.5. The first-order chi connectivity index (χ1) is 11.6. The van der Waals surface area contributed by atoms with E-state index in [0.29, 0.717) is 26.9 Å². The molecule has 0 aliphatic rings. The van der Waals surface area contributed by atoms with Crippen molar-refractivity contribution in [2.24, 2.45) is 0 Å². The number of nitrogens with zero attached hydrogens (tertiary/aromatic N) is 2. The van der Waals surface area contributed by atoms with Crippen molar-refractivity contribution in [3.8, 4) is 17.2 Å². The molecule has 0 bridgehead atoms. The normalized spacial score (nSPS) is 10.5. The van der Waals surface area contributed by atoms with E-state index < -0.39 is 5.91 Å². The van der Waals surface area contributed by atoms with Crippen LogP contribution in [0.15, 0.2) is 46.9 Å². The second-order valence-electron chi connectivity index (χ2n) is 4.72. The van der Waals surface area contributed by atoms with E-state index in [4.69, 9.17) is 32.4 Å². The summed E-state index contributed by atoms with van der Waals surface area (Å²) in [6.07, 6.45) is 0. The number of methoxy groups -OCH3 is 1. The van der Waals surface area contributed by atoms with Crippen LogP contribution in [0.2, 0.25) is 10.0 Å². The Labute approximate surface area is 147 Å². The zero-order valence-electron chi connectivity index (χ0n) is 12.4. The quantitative estimate of drug-likeness (QED) is 0.747. The number of benzene rings is 2. The first-order valence-corrected chi connectivity index (χ1v) is 7.57. The first kappa shape index (κ1) is 16.3. The van der Waals surface area contributed by atoms with Crippen LogP contribution in [-0.2, 0) is 0 Å². The summed E-state index contributed by atoms with van der Waals surface area (Å²) in [5.74, 6) is 0.323. The number of carbonyl (C=O) groups excluding carboxylic acids is 1. The van der Waals surface area contributed by atoms with Crippen LogP contribution in [0.25, 0.3) is 11.5 Å². The van der Waals surface area contributed by atoms with Crippen molar-refractivity contribution in [3.63, 3.8) is 0 Å². The molecule has 0 saturated carbocycles. The fourth-order valence-corrected chi connectivity index (χ4v) is 2.35. The number of amides is 1. The maximum absolute atomic E-state index is 12.2. The Balaban J connectivity index is 1.81. The number of aromatic nitrogens is 2. The summed E-state index contributed by atoms with van der Waals surface area (Å²) in [6, 6.07) is 11.5. The third-order valence-corrected chi connectivity index (χ3v) is 3.70. The lowest BCUT2D eigenvalue weighted by Gasteiger charge is -2.03. The Morgan fingerprint density at radius 3 is 2.79 bits per heavy atom. The lowest BCUT2D eigenvalue weighted by molar-refractivity contribution is 0.102. The van der Waals surface area contributed by atoms with Crippen LogP contribution >= 0.6 is 23.2 Å². The number of hydrogen-bond acceptors (Lipinski definition) is 5. The molecule has 24 heavy (non-hydrogen) atoms. The molecule has 6 nitrogen and oxygen atoms in total. The van der Waals surface area contributed by atoms with Crippen LogP contribution in [0.4, 0.5) is 6.01 Å². The number of carbonyl (C=O) groups is 1. The van der Waals surface area contributed by atoms with Crippen LogP contribution in [0.5, 0.6) is 5.75 Å². The predicted octanol–water partition coefficient (Wildman–Crippen LogP) is 4.30. The zero-order valence-corrected chi connectivity index (χ0v) is 13.9. The number of ether oxygens (including phenoxy) is 1. The van der Waals surface area contributed by atoms with Gasteiger partial charge in [-0.3, -0.25) is 10.1 Å². The van der Waals surface area contributed by atoms with Gasteiger partial charge in [-0.15, -0.1) is 5.10 Å². The molecule has 0 atom stereocenters. The number of hydrogen-bond donors (Lipinski definition) is 1. The molecule has 1 aromatic heterocycles. The minimum Gasteiger partial charge on any atom is -0.497 e. The molecule has 8 heteroatoms. The average molecular weight is 364 g/mol. The van der Waals surface area contributed by atoms with Crippen molar-refractivity contribution in [2.75, 3.05) is 12.4 Å². The minimum atomic E-state index is -0.402. The number of halogens is 2. The van der Waals surface area contributed by atoms with Gasteiger partial charge in [0.1, 0.15) is 5.75 Å². The van der Waals surface area contributed by atoms with E-state index in [0.717, 1.165) is 0 Å². The molecule has 0 fully saturated rings. The summed E-state index contributed by atoms with van der Waals surface area (Å²) < 4.78 is 10.5. The van der Waals surface area contributed by atoms with Gasteiger partial charge in [0.05, 0.1) is 17.7 Å². The van der Waals surface area contributed by atoms with Gasteiger partial charge in [-0.1, -0.05) is 34.4 Å². The predicted molar refractivity (Wildman–Crippen MR) is 90.7 cm³/mol. The van der Waals surface area contributed by atoms with Gasteiger partial charge < -0.3 is 9.15 Å². The topological polar surface area (TPSA) is 77.2 Å². The molecule has 3 rings (SSSR count). The third-order valence-electron chi connectivity index (χ3n) is 3.14. The number of nitrogens with one attached hydrogen (secondary N) is 1. The summed E-state index contributed by atoms with van der Waals surface area (Å²) in [5.41, 5.74) is 0.883. The van der Waals surface area contributed by atoms with Gasteiger partial charge in [0.2, 0.25) is 0 Å². The van der Waals surface area contributed by atoms with Crippen LogP contribution < -0.4 is 10.1 Å². The minimum absolute atomic E-state index is 0.0473. The highest BCUT2D eigenvalue weighted by molar-refractivity contribution is 6.35.